The van der Waals surface area contributed by atoms with Crippen molar-refractivity contribution in [3.8, 4) is 11.5 Å². The fourth-order valence-electron chi connectivity index (χ4n) is 2.46. The van der Waals surface area contributed by atoms with Gasteiger partial charge in [-0.1, -0.05) is 21.6 Å². The number of thiophene rings is 1. The molecule has 0 aliphatic carbocycles. The quantitative estimate of drug-likeness (QED) is 0.676. The third-order valence-corrected chi connectivity index (χ3v) is 7.14. The van der Waals surface area contributed by atoms with Crippen LogP contribution in [0.3, 0.4) is 0 Å². The van der Waals surface area contributed by atoms with E-state index >= 15 is 0 Å². The molecule has 4 heterocycles. The van der Waals surface area contributed by atoms with Crippen molar-refractivity contribution in [2.45, 2.75) is 13.0 Å². The Morgan fingerprint density at radius 1 is 1.04 bits per heavy atom. The van der Waals surface area contributed by atoms with Gasteiger partial charge in [0.05, 0.1) is 17.4 Å². The Balaban J connectivity index is 1.50. The van der Waals surface area contributed by atoms with Gasteiger partial charge in [-0.3, -0.25) is 0 Å². The van der Waals surface area contributed by atoms with Crippen LogP contribution in [-0.4, -0.2) is 19.8 Å². The van der Waals surface area contributed by atoms with Crippen molar-refractivity contribution in [1.29, 1.82) is 0 Å². The number of hydrogen-bond acceptors (Lipinski definition) is 7. The summed E-state index contributed by atoms with van der Waals surface area (Å²) in [5.41, 5.74) is 0. The van der Waals surface area contributed by atoms with Gasteiger partial charge in [0.15, 0.2) is 17.6 Å². The zero-order chi connectivity index (χ0) is 16.4. The van der Waals surface area contributed by atoms with Gasteiger partial charge in [0, 0.05) is 14.7 Å². The number of aryl methyl sites for hydroxylation is 1. The highest BCUT2D eigenvalue weighted by Gasteiger charge is 2.28. The summed E-state index contributed by atoms with van der Waals surface area (Å²) in [6.07, 6.45) is 11.5. The lowest BCUT2D eigenvalue weighted by Gasteiger charge is -2.21. The summed E-state index contributed by atoms with van der Waals surface area (Å²) in [5.74, 6) is 1.71. The van der Waals surface area contributed by atoms with Crippen LogP contribution in [0.5, 0.6) is 11.5 Å². The third kappa shape index (κ3) is 3.34. The molecule has 1 atom stereocenters. The standard InChI is InChI=1S/C17H16O4S3/c1-11-15-16(21-9-8-20-15)17(22-11)14-10-13(4-7-19-14)24-23-12-2-5-18-6-3-12/h2-5,7,10,14H,6,8-9H2,1H3. The fourth-order valence-corrected chi connectivity index (χ4v) is 5.53. The van der Waals surface area contributed by atoms with E-state index < -0.39 is 0 Å². The minimum absolute atomic E-state index is 0.133. The van der Waals surface area contributed by atoms with Crippen molar-refractivity contribution in [2.75, 3.05) is 19.8 Å². The van der Waals surface area contributed by atoms with Gasteiger partial charge in [0.25, 0.3) is 0 Å². The molecule has 0 amide bonds. The summed E-state index contributed by atoms with van der Waals surface area (Å²) in [5, 5.41) is 0. The molecule has 7 heteroatoms. The molecule has 0 saturated carbocycles. The molecule has 0 N–H and O–H groups in total. The van der Waals surface area contributed by atoms with Crippen molar-refractivity contribution < 1.29 is 18.9 Å². The molecule has 3 aliphatic heterocycles. The number of ether oxygens (including phenoxy) is 4. The van der Waals surface area contributed by atoms with Gasteiger partial charge < -0.3 is 18.9 Å². The van der Waals surface area contributed by atoms with E-state index in [1.165, 1.54) is 4.91 Å². The topological polar surface area (TPSA) is 36.9 Å². The van der Waals surface area contributed by atoms with E-state index in [4.69, 9.17) is 18.9 Å². The van der Waals surface area contributed by atoms with Crippen LogP contribution in [0.2, 0.25) is 0 Å². The lowest BCUT2D eigenvalue weighted by atomic mass is 10.2. The van der Waals surface area contributed by atoms with Gasteiger partial charge in [0.1, 0.15) is 19.8 Å². The molecule has 0 spiro atoms. The van der Waals surface area contributed by atoms with Crippen LogP contribution in [-0.2, 0) is 9.47 Å². The molecular formula is C17H16O4S3. The Bertz CT molecular complexity index is 745. The van der Waals surface area contributed by atoms with E-state index in [1.54, 1.807) is 45.4 Å². The van der Waals surface area contributed by atoms with Crippen LogP contribution in [0.4, 0.5) is 0 Å². The summed E-state index contributed by atoms with van der Waals surface area (Å²) < 4.78 is 22.5. The van der Waals surface area contributed by atoms with Crippen molar-refractivity contribution >= 4 is 32.9 Å². The van der Waals surface area contributed by atoms with Crippen LogP contribution >= 0.6 is 32.9 Å². The van der Waals surface area contributed by atoms with E-state index in [2.05, 4.69) is 19.1 Å². The van der Waals surface area contributed by atoms with Crippen molar-refractivity contribution in [1.82, 2.24) is 0 Å². The summed E-state index contributed by atoms with van der Waals surface area (Å²) >= 11 is 1.68. The molecule has 1 unspecified atom stereocenters. The molecule has 24 heavy (non-hydrogen) atoms. The molecule has 3 aliphatic rings. The Hall–Kier alpha value is -1.44. The largest absolute Gasteiger partial charge is 0.497 e. The Morgan fingerprint density at radius 3 is 2.67 bits per heavy atom. The second kappa shape index (κ2) is 7.21. The SMILES string of the molecule is Cc1sc(C2C=C(SSC3=CCOC=C3)C=CO2)c2c1OCCO2. The molecule has 0 fully saturated rings. The van der Waals surface area contributed by atoms with Crippen molar-refractivity contribution in [3.63, 3.8) is 0 Å². The maximum atomic E-state index is 5.83. The average Bonchev–Trinajstić information content (AvgIpc) is 2.98. The lowest BCUT2D eigenvalue weighted by Crippen LogP contribution is -2.16. The first-order valence-corrected chi connectivity index (χ1v) is 10.5. The van der Waals surface area contributed by atoms with Crippen LogP contribution in [0, 0.1) is 6.92 Å². The maximum absolute atomic E-state index is 5.83. The van der Waals surface area contributed by atoms with Crippen molar-refractivity contribution in [3.05, 3.63) is 56.4 Å². The minimum atomic E-state index is -0.133. The Kier molecular flexibility index (Phi) is 4.82. The summed E-state index contributed by atoms with van der Waals surface area (Å²) in [7, 11) is 3.43. The number of hydrogen-bond donors (Lipinski definition) is 0. The maximum Gasteiger partial charge on any atom is 0.179 e. The predicted molar refractivity (Wildman–Crippen MR) is 99.5 cm³/mol. The van der Waals surface area contributed by atoms with E-state index in [1.807, 2.05) is 12.2 Å². The molecule has 0 radical (unpaired) electrons. The van der Waals surface area contributed by atoms with Crippen LogP contribution in [0.15, 0.2) is 46.6 Å². The van der Waals surface area contributed by atoms with Crippen LogP contribution < -0.4 is 9.47 Å². The minimum Gasteiger partial charge on any atom is -0.497 e. The first-order valence-electron chi connectivity index (χ1n) is 7.57. The monoisotopic (exact) mass is 380 g/mol. The molecular weight excluding hydrogens is 364 g/mol. The first kappa shape index (κ1) is 16.1. The van der Waals surface area contributed by atoms with Gasteiger partial charge in [-0.2, -0.15) is 0 Å². The Labute approximate surface area is 152 Å². The van der Waals surface area contributed by atoms with E-state index in [-0.39, 0.29) is 6.10 Å². The van der Waals surface area contributed by atoms with Crippen LogP contribution in [0.1, 0.15) is 15.9 Å². The normalized spacial score (nSPS) is 21.6. The van der Waals surface area contributed by atoms with E-state index in [9.17, 15) is 0 Å². The molecule has 1 aromatic rings. The summed E-state index contributed by atoms with van der Waals surface area (Å²) in [4.78, 5) is 4.56. The van der Waals surface area contributed by atoms with E-state index in [0.717, 1.165) is 26.2 Å². The summed E-state index contributed by atoms with van der Waals surface area (Å²) in [6.45, 7) is 3.88. The zero-order valence-electron chi connectivity index (χ0n) is 13.0. The number of rotatable bonds is 4. The second-order valence-electron chi connectivity index (χ2n) is 5.22. The van der Waals surface area contributed by atoms with Crippen LogP contribution in [0.25, 0.3) is 0 Å². The summed E-state index contributed by atoms with van der Waals surface area (Å²) in [6, 6.07) is 0. The zero-order valence-corrected chi connectivity index (χ0v) is 15.5. The molecule has 126 valence electrons. The smallest absolute Gasteiger partial charge is 0.179 e. The average molecular weight is 381 g/mol. The highest BCUT2D eigenvalue weighted by molar-refractivity contribution is 8.79. The molecule has 0 aromatic carbocycles. The molecule has 1 aromatic heterocycles. The first-order chi connectivity index (χ1) is 11.8. The highest BCUT2D eigenvalue weighted by atomic mass is 33.1. The number of allylic oxidation sites excluding steroid dienone is 2. The lowest BCUT2D eigenvalue weighted by molar-refractivity contribution is 0.155. The van der Waals surface area contributed by atoms with Gasteiger partial charge in [-0.15, -0.1) is 11.3 Å². The Morgan fingerprint density at radius 2 is 1.83 bits per heavy atom. The van der Waals surface area contributed by atoms with Gasteiger partial charge in [-0.05, 0) is 31.2 Å². The molecule has 4 nitrogen and oxygen atoms in total. The van der Waals surface area contributed by atoms with Gasteiger partial charge in [-0.25, -0.2) is 0 Å². The highest BCUT2D eigenvalue weighted by Crippen LogP contribution is 2.49. The predicted octanol–water partition coefficient (Wildman–Crippen LogP) is 5.11. The van der Waals surface area contributed by atoms with Gasteiger partial charge in [0.2, 0.25) is 0 Å². The van der Waals surface area contributed by atoms with Gasteiger partial charge >= 0.3 is 0 Å². The molecule has 0 saturated heterocycles. The fraction of sp³-hybridized carbons (Fsp3) is 0.294. The third-order valence-electron chi connectivity index (χ3n) is 3.56. The molecule has 4 rings (SSSR count). The van der Waals surface area contributed by atoms with Crippen molar-refractivity contribution in [2.24, 2.45) is 0 Å². The second-order valence-corrected chi connectivity index (χ2v) is 8.75. The number of fused-ring (bicyclic) bond motifs is 1. The molecule has 0 bridgehead atoms. The van der Waals surface area contributed by atoms with E-state index in [0.29, 0.717) is 19.8 Å².